The largest absolute Gasteiger partial charge is 0.508 e. The quantitative estimate of drug-likeness (QED) is 0.641. The molecule has 1 heterocycles. The molecular weight excluding hydrogens is 160 g/mol. The summed E-state index contributed by atoms with van der Waals surface area (Å²) in [5, 5.41) is 9.12. The van der Waals surface area contributed by atoms with Crippen molar-refractivity contribution in [3.63, 3.8) is 0 Å². The van der Waals surface area contributed by atoms with E-state index in [4.69, 9.17) is 9.84 Å². The van der Waals surface area contributed by atoms with E-state index in [9.17, 15) is 0 Å². The minimum absolute atomic E-state index is 0.307. The standard InChI is InChI=1S/C8H8O2S/c9-6-1-2-7-8(5-6)11-4-3-10-7/h1-2,5,9H,3-4H2. The van der Waals surface area contributed by atoms with Crippen LogP contribution >= 0.6 is 11.8 Å². The molecule has 0 amide bonds. The maximum atomic E-state index is 9.12. The lowest BCUT2D eigenvalue weighted by atomic mass is 10.3. The van der Waals surface area contributed by atoms with E-state index in [1.165, 1.54) is 0 Å². The van der Waals surface area contributed by atoms with Crippen LogP contribution < -0.4 is 4.74 Å². The van der Waals surface area contributed by atoms with Crippen LogP contribution in [0.1, 0.15) is 0 Å². The van der Waals surface area contributed by atoms with E-state index in [2.05, 4.69) is 0 Å². The molecule has 2 rings (SSSR count). The summed E-state index contributed by atoms with van der Waals surface area (Å²) in [6.07, 6.45) is 0. The van der Waals surface area contributed by atoms with Crippen LogP contribution in [0.2, 0.25) is 0 Å². The Morgan fingerprint density at radius 1 is 1.45 bits per heavy atom. The molecule has 3 heteroatoms. The number of phenols is 1. The highest BCUT2D eigenvalue weighted by Crippen LogP contribution is 2.35. The first-order chi connectivity index (χ1) is 5.36. The molecule has 2 nitrogen and oxygen atoms in total. The highest BCUT2D eigenvalue weighted by molar-refractivity contribution is 7.99. The van der Waals surface area contributed by atoms with Gasteiger partial charge in [-0.05, 0) is 18.2 Å². The number of rotatable bonds is 0. The predicted molar refractivity (Wildman–Crippen MR) is 44.3 cm³/mol. The molecule has 0 bridgehead atoms. The summed E-state index contributed by atoms with van der Waals surface area (Å²) in [6, 6.07) is 5.18. The molecule has 1 aromatic carbocycles. The average molecular weight is 168 g/mol. The first-order valence-corrected chi connectivity index (χ1v) is 4.43. The van der Waals surface area contributed by atoms with Crippen LogP contribution in [0.25, 0.3) is 0 Å². The molecule has 0 aliphatic carbocycles. The van der Waals surface area contributed by atoms with Gasteiger partial charge in [0, 0.05) is 5.75 Å². The molecule has 0 aromatic heterocycles. The van der Waals surface area contributed by atoms with Gasteiger partial charge >= 0.3 is 0 Å². The molecule has 58 valence electrons. The molecule has 11 heavy (non-hydrogen) atoms. The van der Waals surface area contributed by atoms with E-state index < -0.39 is 0 Å². The number of phenolic OH excluding ortho intramolecular Hbond substituents is 1. The summed E-state index contributed by atoms with van der Waals surface area (Å²) in [5.41, 5.74) is 0. The Hall–Kier alpha value is -0.830. The normalized spacial score (nSPS) is 15.3. The van der Waals surface area contributed by atoms with Gasteiger partial charge in [0.2, 0.25) is 0 Å². The number of fused-ring (bicyclic) bond motifs is 1. The highest BCUT2D eigenvalue weighted by atomic mass is 32.2. The van der Waals surface area contributed by atoms with Crippen LogP contribution in [0, 0.1) is 0 Å². The highest BCUT2D eigenvalue weighted by Gasteiger charge is 2.10. The third kappa shape index (κ3) is 1.28. The SMILES string of the molecule is Oc1ccc2c(c1)SCCO2. The van der Waals surface area contributed by atoms with Gasteiger partial charge in [-0.3, -0.25) is 0 Å². The molecule has 0 saturated carbocycles. The fraction of sp³-hybridized carbons (Fsp3) is 0.250. The summed E-state index contributed by atoms with van der Waals surface area (Å²) >= 11 is 1.72. The topological polar surface area (TPSA) is 29.5 Å². The van der Waals surface area contributed by atoms with Crippen molar-refractivity contribution in [2.45, 2.75) is 4.90 Å². The van der Waals surface area contributed by atoms with Gasteiger partial charge in [0.05, 0.1) is 11.5 Å². The maximum Gasteiger partial charge on any atom is 0.133 e. The van der Waals surface area contributed by atoms with Gasteiger partial charge < -0.3 is 9.84 Å². The molecule has 0 unspecified atom stereocenters. The number of thioether (sulfide) groups is 1. The van der Waals surface area contributed by atoms with E-state index in [-0.39, 0.29) is 0 Å². The van der Waals surface area contributed by atoms with Gasteiger partial charge in [-0.2, -0.15) is 0 Å². The van der Waals surface area contributed by atoms with E-state index >= 15 is 0 Å². The van der Waals surface area contributed by atoms with Crippen LogP contribution in [-0.2, 0) is 0 Å². The van der Waals surface area contributed by atoms with Gasteiger partial charge in [0.25, 0.3) is 0 Å². The number of ether oxygens (including phenoxy) is 1. The second kappa shape index (κ2) is 2.66. The first-order valence-electron chi connectivity index (χ1n) is 3.45. The van der Waals surface area contributed by atoms with E-state index in [1.807, 2.05) is 0 Å². The third-order valence-electron chi connectivity index (χ3n) is 1.53. The zero-order valence-corrected chi connectivity index (χ0v) is 6.73. The number of benzene rings is 1. The van der Waals surface area contributed by atoms with Crippen LogP contribution in [-0.4, -0.2) is 17.5 Å². The lowest BCUT2D eigenvalue weighted by Crippen LogP contribution is -2.05. The molecule has 0 atom stereocenters. The fourth-order valence-electron chi connectivity index (χ4n) is 1.03. The first kappa shape index (κ1) is 6.85. The molecule has 1 N–H and O–H groups in total. The maximum absolute atomic E-state index is 9.12. The van der Waals surface area contributed by atoms with Crippen molar-refractivity contribution >= 4 is 11.8 Å². The summed E-state index contributed by atoms with van der Waals surface area (Å²) in [4.78, 5) is 1.04. The van der Waals surface area contributed by atoms with E-state index in [0.29, 0.717) is 5.75 Å². The van der Waals surface area contributed by atoms with Crippen molar-refractivity contribution in [3.8, 4) is 11.5 Å². The van der Waals surface area contributed by atoms with Crippen LogP contribution in [0.5, 0.6) is 11.5 Å². The van der Waals surface area contributed by atoms with Crippen LogP contribution in [0.4, 0.5) is 0 Å². The Balaban J connectivity index is 2.43. The molecule has 0 radical (unpaired) electrons. The van der Waals surface area contributed by atoms with Crippen LogP contribution in [0.3, 0.4) is 0 Å². The predicted octanol–water partition coefficient (Wildman–Crippen LogP) is 1.88. The Labute approximate surface area is 69.2 Å². The second-order valence-corrected chi connectivity index (χ2v) is 3.46. The minimum Gasteiger partial charge on any atom is -0.508 e. The number of hydrogen-bond donors (Lipinski definition) is 1. The Morgan fingerprint density at radius 2 is 2.36 bits per heavy atom. The fourth-order valence-corrected chi connectivity index (χ4v) is 1.89. The molecular formula is C8H8O2S. The lowest BCUT2D eigenvalue weighted by molar-refractivity contribution is 0.328. The van der Waals surface area contributed by atoms with Gasteiger partial charge in [-0.25, -0.2) is 0 Å². The molecule has 0 spiro atoms. The molecule has 1 aromatic rings. The van der Waals surface area contributed by atoms with Crippen molar-refractivity contribution in [3.05, 3.63) is 18.2 Å². The molecule has 1 aliphatic rings. The van der Waals surface area contributed by atoms with Crippen LogP contribution in [0.15, 0.2) is 23.1 Å². The minimum atomic E-state index is 0.307. The zero-order valence-electron chi connectivity index (χ0n) is 5.91. The smallest absolute Gasteiger partial charge is 0.133 e. The summed E-state index contributed by atoms with van der Waals surface area (Å²) in [6.45, 7) is 0.766. The second-order valence-electron chi connectivity index (χ2n) is 2.33. The summed E-state index contributed by atoms with van der Waals surface area (Å²) in [5.74, 6) is 2.16. The van der Waals surface area contributed by atoms with Gasteiger partial charge in [-0.15, -0.1) is 11.8 Å². The van der Waals surface area contributed by atoms with Gasteiger partial charge in [0.1, 0.15) is 11.5 Å². The Kier molecular flexibility index (Phi) is 1.66. The number of hydrogen-bond acceptors (Lipinski definition) is 3. The Bertz CT molecular complexity index is 273. The van der Waals surface area contributed by atoms with E-state index in [1.54, 1.807) is 30.0 Å². The van der Waals surface area contributed by atoms with E-state index in [0.717, 1.165) is 23.0 Å². The van der Waals surface area contributed by atoms with Gasteiger partial charge in [-0.1, -0.05) is 0 Å². The third-order valence-corrected chi connectivity index (χ3v) is 2.53. The monoisotopic (exact) mass is 168 g/mol. The van der Waals surface area contributed by atoms with Crippen molar-refractivity contribution in [2.75, 3.05) is 12.4 Å². The van der Waals surface area contributed by atoms with Crippen molar-refractivity contribution in [1.29, 1.82) is 0 Å². The van der Waals surface area contributed by atoms with Crippen molar-refractivity contribution < 1.29 is 9.84 Å². The van der Waals surface area contributed by atoms with Crippen molar-refractivity contribution in [1.82, 2.24) is 0 Å². The van der Waals surface area contributed by atoms with Gasteiger partial charge in [0.15, 0.2) is 0 Å². The molecule has 0 fully saturated rings. The summed E-state index contributed by atoms with van der Waals surface area (Å²) in [7, 11) is 0. The average Bonchev–Trinajstić information content (AvgIpc) is 2.04. The Morgan fingerprint density at radius 3 is 3.27 bits per heavy atom. The lowest BCUT2D eigenvalue weighted by Gasteiger charge is -2.15. The zero-order chi connectivity index (χ0) is 7.68. The van der Waals surface area contributed by atoms with Crippen molar-refractivity contribution in [2.24, 2.45) is 0 Å². The number of aromatic hydroxyl groups is 1. The molecule has 1 aliphatic heterocycles. The summed E-state index contributed by atoms with van der Waals surface area (Å²) < 4.78 is 5.35. The molecule has 0 saturated heterocycles.